The van der Waals surface area contributed by atoms with Crippen LogP contribution in [0.4, 0.5) is 0 Å². The van der Waals surface area contributed by atoms with E-state index in [2.05, 4.69) is 16.7 Å². The van der Waals surface area contributed by atoms with Crippen molar-refractivity contribution < 1.29 is 14.6 Å². The molecule has 1 saturated carbocycles. The van der Waals surface area contributed by atoms with Gasteiger partial charge in [0.25, 0.3) is 0 Å². The average Bonchev–Trinajstić information content (AvgIpc) is 3.21. The lowest BCUT2D eigenvalue weighted by Crippen LogP contribution is -2.51. The monoisotopic (exact) mass is 326 g/mol. The molecule has 5 heteroatoms. The number of hydrogen-bond donors (Lipinski definition) is 1. The second-order valence-corrected chi connectivity index (χ2v) is 7.66. The minimum atomic E-state index is -0.569. The van der Waals surface area contributed by atoms with E-state index in [0.29, 0.717) is 13.2 Å². The largest absolute Gasteiger partial charge is 0.389 e. The molecule has 3 rings (SSSR count). The van der Waals surface area contributed by atoms with Gasteiger partial charge in [0.1, 0.15) is 0 Å². The van der Waals surface area contributed by atoms with Crippen LogP contribution in [0.1, 0.15) is 51.9 Å². The molecule has 0 amide bonds. The van der Waals surface area contributed by atoms with E-state index in [0.717, 1.165) is 58.3 Å². The Morgan fingerprint density at radius 2 is 1.65 bits per heavy atom. The number of likely N-dealkylation sites (tertiary alicyclic amines) is 1. The van der Waals surface area contributed by atoms with Crippen LogP contribution < -0.4 is 0 Å². The lowest BCUT2D eigenvalue weighted by Gasteiger charge is -2.43. The Morgan fingerprint density at radius 1 is 1.00 bits per heavy atom. The van der Waals surface area contributed by atoms with E-state index in [1.54, 1.807) is 0 Å². The summed E-state index contributed by atoms with van der Waals surface area (Å²) in [5, 5.41) is 11.0. The number of hydrogen-bond acceptors (Lipinski definition) is 5. The van der Waals surface area contributed by atoms with E-state index in [9.17, 15) is 5.11 Å². The summed E-state index contributed by atoms with van der Waals surface area (Å²) < 4.78 is 11.6. The molecule has 1 aliphatic carbocycles. The fraction of sp³-hybridized carbons (Fsp3) is 1.00. The predicted molar refractivity (Wildman–Crippen MR) is 90.5 cm³/mol. The van der Waals surface area contributed by atoms with Crippen LogP contribution in [0.3, 0.4) is 0 Å². The third-order valence-electron chi connectivity index (χ3n) is 5.74. The number of rotatable bonds is 7. The van der Waals surface area contributed by atoms with Crippen LogP contribution in [0.5, 0.6) is 0 Å². The second-order valence-electron chi connectivity index (χ2n) is 7.66. The van der Waals surface area contributed by atoms with Gasteiger partial charge in [-0.1, -0.05) is 6.92 Å². The molecular formula is C18H34N2O3. The molecule has 0 aromatic carbocycles. The summed E-state index contributed by atoms with van der Waals surface area (Å²) in [6.07, 6.45) is 7.07. The smallest absolute Gasteiger partial charge is 0.168 e. The van der Waals surface area contributed by atoms with Gasteiger partial charge in [-0.2, -0.15) is 0 Å². The van der Waals surface area contributed by atoms with Gasteiger partial charge in [-0.3, -0.25) is 4.90 Å². The molecular weight excluding hydrogens is 292 g/mol. The maximum Gasteiger partial charge on any atom is 0.168 e. The van der Waals surface area contributed by atoms with Crippen molar-refractivity contribution in [2.75, 3.05) is 52.5 Å². The Bertz CT molecular complexity index is 355. The molecule has 2 aliphatic heterocycles. The van der Waals surface area contributed by atoms with Crippen LogP contribution >= 0.6 is 0 Å². The van der Waals surface area contributed by atoms with Crippen LogP contribution in [0.2, 0.25) is 0 Å². The Hall–Kier alpha value is -0.200. The average molecular weight is 326 g/mol. The van der Waals surface area contributed by atoms with Crippen LogP contribution in [0.15, 0.2) is 0 Å². The zero-order valence-electron chi connectivity index (χ0n) is 14.8. The lowest BCUT2D eigenvalue weighted by atomic mass is 9.81. The molecule has 1 N–H and O–H groups in total. The fourth-order valence-electron chi connectivity index (χ4n) is 4.33. The summed E-state index contributed by atoms with van der Waals surface area (Å²) in [6, 6.07) is 0. The molecule has 5 nitrogen and oxygen atoms in total. The quantitative estimate of drug-likeness (QED) is 0.773. The van der Waals surface area contributed by atoms with Gasteiger partial charge in [0.05, 0.1) is 18.8 Å². The third kappa shape index (κ3) is 4.67. The Kier molecular flexibility index (Phi) is 5.97. The maximum absolute atomic E-state index is 11.0. The first-order valence-corrected chi connectivity index (χ1v) is 9.58. The van der Waals surface area contributed by atoms with Gasteiger partial charge < -0.3 is 19.5 Å². The van der Waals surface area contributed by atoms with E-state index in [-0.39, 0.29) is 5.79 Å². The predicted octanol–water partition coefficient (Wildman–Crippen LogP) is 1.84. The molecule has 3 fully saturated rings. The molecule has 0 radical (unpaired) electrons. The van der Waals surface area contributed by atoms with E-state index < -0.39 is 5.60 Å². The van der Waals surface area contributed by atoms with Crippen molar-refractivity contribution in [1.82, 2.24) is 9.80 Å². The van der Waals surface area contributed by atoms with Gasteiger partial charge in [0, 0.05) is 32.5 Å². The van der Waals surface area contributed by atoms with Crippen molar-refractivity contribution in [3.63, 3.8) is 0 Å². The minimum Gasteiger partial charge on any atom is -0.389 e. The third-order valence-corrected chi connectivity index (χ3v) is 5.74. The molecule has 0 atom stereocenters. The topological polar surface area (TPSA) is 45.2 Å². The van der Waals surface area contributed by atoms with Crippen molar-refractivity contribution >= 4 is 0 Å². The molecule has 134 valence electrons. The summed E-state index contributed by atoms with van der Waals surface area (Å²) in [6.45, 7) is 10.2. The summed E-state index contributed by atoms with van der Waals surface area (Å²) >= 11 is 0. The van der Waals surface area contributed by atoms with Gasteiger partial charge >= 0.3 is 0 Å². The van der Waals surface area contributed by atoms with E-state index in [1.807, 2.05) is 0 Å². The zero-order valence-corrected chi connectivity index (χ0v) is 14.8. The molecule has 0 aromatic heterocycles. The summed E-state index contributed by atoms with van der Waals surface area (Å²) in [4.78, 5) is 5.02. The highest BCUT2D eigenvalue weighted by atomic mass is 16.7. The zero-order chi connectivity index (χ0) is 16.2. The molecule has 23 heavy (non-hydrogen) atoms. The van der Waals surface area contributed by atoms with Gasteiger partial charge in [-0.05, 0) is 51.7 Å². The highest BCUT2D eigenvalue weighted by molar-refractivity contribution is 4.93. The van der Waals surface area contributed by atoms with Gasteiger partial charge in [-0.25, -0.2) is 0 Å². The first-order valence-electron chi connectivity index (χ1n) is 9.58. The van der Waals surface area contributed by atoms with Crippen LogP contribution in [0.25, 0.3) is 0 Å². The van der Waals surface area contributed by atoms with Crippen molar-refractivity contribution in [3.8, 4) is 0 Å². The molecule has 0 aromatic rings. The highest BCUT2D eigenvalue weighted by Crippen LogP contribution is 2.40. The normalized spacial score (nSPS) is 27.3. The SMILES string of the molecule is CCCN(CCN1CCCC1)CC1(O)CCC2(CC1)OCCO2. The molecule has 1 spiro atoms. The van der Waals surface area contributed by atoms with E-state index in [4.69, 9.17) is 9.47 Å². The van der Waals surface area contributed by atoms with Crippen molar-refractivity contribution in [2.45, 2.75) is 63.3 Å². The highest BCUT2D eigenvalue weighted by Gasteiger charge is 2.45. The Balaban J connectivity index is 1.47. The molecule has 2 heterocycles. The van der Waals surface area contributed by atoms with Crippen molar-refractivity contribution in [3.05, 3.63) is 0 Å². The summed E-state index contributed by atoms with van der Waals surface area (Å²) in [5.74, 6) is -0.378. The maximum atomic E-state index is 11.0. The summed E-state index contributed by atoms with van der Waals surface area (Å²) in [7, 11) is 0. The minimum absolute atomic E-state index is 0.378. The molecule has 3 aliphatic rings. The van der Waals surface area contributed by atoms with Gasteiger partial charge in [-0.15, -0.1) is 0 Å². The number of ether oxygens (including phenoxy) is 2. The molecule has 0 unspecified atom stereocenters. The number of aliphatic hydroxyl groups is 1. The fourth-order valence-corrected chi connectivity index (χ4v) is 4.33. The van der Waals surface area contributed by atoms with Crippen molar-refractivity contribution in [2.24, 2.45) is 0 Å². The first-order chi connectivity index (χ1) is 11.1. The van der Waals surface area contributed by atoms with Crippen LogP contribution in [-0.4, -0.2) is 78.8 Å². The van der Waals surface area contributed by atoms with E-state index in [1.165, 1.54) is 25.9 Å². The second kappa shape index (κ2) is 7.79. The first kappa shape index (κ1) is 17.6. The Morgan fingerprint density at radius 3 is 2.26 bits per heavy atom. The number of nitrogens with zero attached hydrogens (tertiary/aromatic N) is 2. The van der Waals surface area contributed by atoms with Gasteiger partial charge in [0.15, 0.2) is 5.79 Å². The molecule has 0 bridgehead atoms. The summed E-state index contributed by atoms with van der Waals surface area (Å²) in [5.41, 5.74) is -0.569. The van der Waals surface area contributed by atoms with Gasteiger partial charge in [0.2, 0.25) is 0 Å². The molecule has 2 saturated heterocycles. The lowest BCUT2D eigenvalue weighted by molar-refractivity contribution is -0.204. The standard InChI is InChI=1S/C18H34N2O3/c1-2-9-20(13-12-19-10-3-4-11-19)16-17(21)5-7-18(8-6-17)22-14-15-23-18/h21H,2-16H2,1H3. The van der Waals surface area contributed by atoms with Crippen molar-refractivity contribution in [1.29, 1.82) is 0 Å². The Labute approximate surface area is 140 Å². The van der Waals surface area contributed by atoms with Crippen LogP contribution in [0, 0.1) is 0 Å². The van der Waals surface area contributed by atoms with E-state index >= 15 is 0 Å². The van der Waals surface area contributed by atoms with Crippen LogP contribution in [-0.2, 0) is 9.47 Å².